The van der Waals surface area contributed by atoms with Crippen LogP contribution in [0.3, 0.4) is 0 Å². The van der Waals surface area contributed by atoms with Crippen molar-refractivity contribution in [1.29, 1.82) is 0 Å². The number of hydroxylamine groups is 1. The molecule has 0 radical (unpaired) electrons. The third-order valence-corrected chi connectivity index (χ3v) is 13.4. The molecule has 4 heterocycles. The fourth-order valence-electron chi connectivity index (χ4n) is 8.48. The van der Waals surface area contributed by atoms with Gasteiger partial charge in [0, 0.05) is 104 Å². The fraction of sp³-hybridized carbons (Fsp3) is 0.463. The van der Waals surface area contributed by atoms with Gasteiger partial charge >= 0.3 is 23.6 Å². The monoisotopic (exact) mass is 1140 g/mol. The van der Waals surface area contributed by atoms with E-state index in [1.54, 1.807) is 75.8 Å². The summed E-state index contributed by atoms with van der Waals surface area (Å²) in [6.45, 7) is 13.4. The first-order valence-corrected chi connectivity index (χ1v) is 27.9. The van der Waals surface area contributed by atoms with Crippen molar-refractivity contribution in [3.8, 4) is 11.5 Å². The Bertz CT molecular complexity index is 2760. The van der Waals surface area contributed by atoms with Crippen LogP contribution in [0, 0.1) is 13.8 Å². The molecule has 0 atom stereocenters. The van der Waals surface area contributed by atoms with Crippen molar-refractivity contribution >= 4 is 75.9 Å². The number of aromatic nitrogens is 2. The third-order valence-electron chi connectivity index (χ3n) is 12.4. The van der Waals surface area contributed by atoms with Crippen molar-refractivity contribution in [3.05, 3.63) is 95.6 Å². The van der Waals surface area contributed by atoms with Gasteiger partial charge in [-0.2, -0.15) is 20.9 Å². The van der Waals surface area contributed by atoms with Gasteiger partial charge in [-0.25, -0.2) is 5.48 Å². The van der Waals surface area contributed by atoms with Crippen molar-refractivity contribution in [2.75, 3.05) is 139 Å². The molecule has 0 unspecified atom stereocenters. The number of aryl methyl sites for hydroxylation is 2. The molecule has 2 aromatic heterocycles. The maximum Gasteiger partial charge on any atom is 0.327 e. The van der Waals surface area contributed by atoms with Crippen molar-refractivity contribution in [1.82, 2.24) is 42.1 Å². The summed E-state index contributed by atoms with van der Waals surface area (Å²) < 4.78 is 25.0. The average molecular weight is 1150 g/mol. The number of hydrogen-bond acceptors (Lipinski definition) is 18. The number of carbonyl (C=O) groups excluding carboxylic acids is 7. The quantitative estimate of drug-likeness (QED) is 0.0141. The lowest BCUT2D eigenvalue weighted by Crippen LogP contribution is -2.43. The highest BCUT2D eigenvalue weighted by atomic mass is 32.2. The van der Waals surface area contributed by atoms with E-state index in [2.05, 4.69) is 63.6 Å². The molecular formula is C54H76N14O12S+2. The summed E-state index contributed by atoms with van der Waals surface area (Å²) in [6, 6.07) is 13.3. The largest absolute Gasteiger partial charge is 0.494 e. The zero-order chi connectivity index (χ0) is 57.8. The number of ether oxygens (including phenoxy) is 4. The van der Waals surface area contributed by atoms with Crippen LogP contribution in [-0.2, 0) is 62.8 Å². The Hall–Kier alpha value is -7.66. The first-order chi connectivity index (χ1) is 39.2. The number of morpholine rings is 2. The van der Waals surface area contributed by atoms with Gasteiger partial charge in [-0.05, 0) is 76.2 Å². The molecule has 0 saturated carbocycles. The van der Waals surface area contributed by atoms with E-state index in [0.717, 1.165) is 56.0 Å². The molecule has 7 amide bonds. The highest BCUT2D eigenvalue weighted by Crippen LogP contribution is 2.28. The number of amides is 7. The number of nitrogens with one attached hydrogen (secondary N) is 10. The van der Waals surface area contributed by atoms with Crippen molar-refractivity contribution in [2.24, 2.45) is 0 Å². The lowest BCUT2D eigenvalue weighted by molar-refractivity contribution is -0.684. The van der Waals surface area contributed by atoms with Gasteiger partial charge in [-0.3, -0.25) is 69.9 Å². The minimum absolute atomic E-state index is 0.0233. The molecule has 2 aliphatic rings. The molecule has 2 aromatic carbocycles. The first kappa shape index (κ1) is 62.5. The minimum Gasteiger partial charge on any atom is -0.494 e. The zero-order valence-corrected chi connectivity index (χ0v) is 47.2. The maximum absolute atomic E-state index is 13.1. The van der Waals surface area contributed by atoms with E-state index in [9.17, 15) is 33.6 Å². The number of thioether (sulfide) groups is 1. The van der Waals surface area contributed by atoms with E-state index in [0.29, 0.717) is 117 Å². The lowest BCUT2D eigenvalue weighted by atomic mass is 10.2. The van der Waals surface area contributed by atoms with Crippen LogP contribution in [0.1, 0.15) is 39.9 Å². The molecule has 6 rings (SSSR count). The lowest BCUT2D eigenvalue weighted by Gasteiger charge is -2.26. The molecule has 438 valence electrons. The van der Waals surface area contributed by atoms with Gasteiger partial charge in [-0.15, -0.1) is 0 Å². The van der Waals surface area contributed by atoms with E-state index in [4.69, 9.17) is 23.8 Å². The topological polar surface area (TPSA) is 300 Å². The second-order valence-corrected chi connectivity index (χ2v) is 20.2. The van der Waals surface area contributed by atoms with E-state index >= 15 is 0 Å². The number of hydrogen-bond donors (Lipinski definition) is 10. The van der Waals surface area contributed by atoms with Crippen LogP contribution in [0.5, 0.6) is 11.5 Å². The summed E-state index contributed by atoms with van der Waals surface area (Å²) in [7, 11) is 2.88. The molecule has 27 heteroatoms. The fourth-order valence-corrected chi connectivity index (χ4v) is 9.16. The number of benzene rings is 2. The Kier molecular flexibility index (Phi) is 26.1. The standard InChI is InChI=1S/C54H74N14O12S/c1-38-27-40(33-67(31-38)35-48(69)59-42-7-9-44(46(29-42)76-3)61-63-53(74)51(72)55-11-5-15-65-17-21-78-22-18-65)37-80-58-14-26-81-25-13-57-50(71)41-28-39(2)32-68(34-41)36-49(70)60-43-8-10-45(47(30-43)77-4)62-64-54(75)52(73)56-12-6-16-66-19-23-79-24-20-66/h7-10,27-34,58H,5-6,11-26,35-37H2,1-4H3,(H7-2,55,56,57,59,60,61,62,63,64,69,70,71,72,73,74,75)/p+2. The maximum atomic E-state index is 13.1. The molecule has 26 nitrogen and oxygen atoms in total. The second kappa shape index (κ2) is 33.8. The number of pyridine rings is 2. The van der Waals surface area contributed by atoms with Crippen LogP contribution in [0.15, 0.2) is 73.3 Å². The highest BCUT2D eigenvalue weighted by Gasteiger charge is 2.20. The number of nitrogens with zero attached hydrogens (tertiary/aromatic N) is 4. The minimum atomic E-state index is -0.866. The Morgan fingerprint density at radius 1 is 0.580 bits per heavy atom. The molecule has 81 heavy (non-hydrogen) atoms. The molecule has 0 bridgehead atoms. The Labute approximate surface area is 475 Å². The highest BCUT2D eigenvalue weighted by molar-refractivity contribution is 7.99. The molecule has 10 N–H and O–H groups in total. The Morgan fingerprint density at radius 3 is 1.59 bits per heavy atom. The predicted molar refractivity (Wildman–Crippen MR) is 302 cm³/mol. The van der Waals surface area contributed by atoms with Gasteiger partial charge < -0.3 is 45.5 Å². The molecule has 2 saturated heterocycles. The first-order valence-electron chi connectivity index (χ1n) is 26.7. The zero-order valence-electron chi connectivity index (χ0n) is 46.4. The Morgan fingerprint density at radius 2 is 1.07 bits per heavy atom. The molecule has 0 spiro atoms. The molecular weight excluding hydrogens is 1070 g/mol. The third kappa shape index (κ3) is 22.4. The second-order valence-electron chi connectivity index (χ2n) is 18.9. The summed E-state index contributed by atoms with van der Waals surface area (Å²) in [5.41, 5.74) is 17.7. The van der Waals surface area contributed by atoms with Gasteiger partial charge in [0.15, 0.2) is 24.8 Å². The van der Waals surface area contributed by atoms with Gasteiger partial charge in [0.05, 0.1) is 58.6 Å². The van der Waals surface area contributed by atoms with Crippen LogP contribution in [0.4, 0.5) is 22.7 Å². The SMILES string of the molecule is COc1cc(NC(=O)C[n+]2cc(C)cc(CONCCSCCNC(=O)c3cc(C)c[n+](CC(=O)Nc4ccc(NNC(=O)C(=O)NCCCN5CCOCC5)c(OC)c4)c3)c2)ccc1NNC(=O)C(=O)NCCCN1CCOCC1. The van der Waals surface area contributed by atoms with E-state index in [-0.39, 0.29) is 37.4 Å². The summed E-state index contributed by atoms with van der Waals surface area (Å²) in [4.78, 5) is 99.0. The van der Waals surface area contributed by atoms with Gasteiger partial charge in [0.25, 0.3) is 17.7 Å². The average Bonchev–Trinajstić information content (AvgIpc) is 3.51. The number of hydrazine groups is 2. The molecule has 0 aliphatic carbocycles. The summed E-state index contributed by atoms with van der Waals surface area (Å²) >= 11 is 1.63. The van der Waals surface area contributed by atoms with Crippen molar-refractivity contribution in [2.45, 2.75) is 46.4 Å². The summed E-state index contributed by atoms with van der Waals surface area (Å²) in [5.74, 6) is -2.17. The van der Waals surface area contributed by atoms with Crippen LogP contribution in [0.25, 0.3) is 0 Å². The number of anilines is 4. The van der Waals surface area contributed by atoms with Crippen LogP contribution in [0.2, 0.25) is 0 Å². The van der Waals surface area contributed by atoms with Crippen molar-refractivity contribution < 1.29 is 66.5 Å². The Balaban J connectivity index is 0.825. The summed E-state index contributed by atoms with van der Waals surface area (Å²) in [6.07, 6.45) is 8.47. The molecule has 2 fully saturated rings. The molecule has 4 aromatic rings. The van der Waals surface area contributed by atoms with Gasteiger partial charge in [-0.1, -0.05) is 0 Å². The van der Waals surface area contributed by atoms with E-state index < -0.39 is 23.6 Å². The van der Waals surface area contributed by atoms with Crippen LogP contribution < -0.4 is 72.4 Å². The van der Waals surface area contributed by atoms with Crippen LogP contribution in [-0.4, -0.2) is 169 Å². The van der Waals surface area contributed by atoms with E-state index in [1.807, 2.05) is 32.3 Å². The smallest absolute Gasteiger partial charge is 0.327 e. The summed E-state index contributed by atoms with van der Waals surface area (Å²) in [5, 5.41) is 13.9. The number of methoxy groups -OCH3 is 2. The molecule has 2 aliphatic heterocycles. The van der Waals surface area contributed by atoms with E-state index in [1.165, 1.54) is 14.2 Å². The van der Waals surface area contributed by atoms with Gasteiger partial charge in [0.1, 0.15) is 17.1 Å². The predicted octanol–water partition coefficient (Wildman–Crippen LogP) is -0.0794. The number of rotatable bonds is 30. The van der Waals surface area contributed by atoms with Crippen molar-refractivity contribution in [3.63, 3.8) is 0 Å². The number of carbonyl (C=O) groups is 7. The van der Waals surface area contributed by atoms with Gasteiger partial charge in [0.2, 0.25) is 13.1 Å². The normalized spacial score (nSPS) is 13.5. The van der Waals surface area contributed by atoms with Crippen LogP contribution >= 0.6 is 11.8 Å².